The van der Waals surface area contributed by atoms with Crippen LogP contribution in [0.3, 0.4) is 0 Å². The third-order valence-corrected chi connectivity index (χ3v) is 2.35. The molecule has 2 aromatic rings. The Kier molecular flexibility index (Phi) is 2.13. The standard InChI is InChI=1S/C10H13N3O/c1-7-8(5-6-11)13-9(12-7)3-2-4-10(13)14/h2-4,12H,5-6,11H2,1H3. The second-order valence-electron chi connectivity index (χ2n) is 3.32. The molecule has 2 heterocycles. The van der Waals surface area contributed by atoms with Crippen molar-refractivity contribution in [1.82, 2.24) is 9.38 Å². The van der Waals surface area contributed by atoms with Gasteiger partial charge in [0.15, 0.2) is 0 Å². The Bertz CT molecular complexity index is 510. The summed E-state index contributed by atoms with van der Waals surface area (Å²) in [5, 5.41) is 0. The minimum Gasteiger partial charge on any atom is -0.343 e. The molecule has 3 N–H and O–H groups in total. The number of H-pyrrole nitrogens is 1. The molecule has 0 aliphatic heterocycles. The molecule has 2 aromatic heterocycles. The van der Waals surface area contributed by atoms with Crippen molar-refractivity contribution in [2.24, 2.45) is 5.73 Å². The van der Waals surface area contributed by atoms with Crippen LogP contribution in [0.5, 0.6) is 0 Å². The number of aryl methyl sites for hydroxylation is 1. The smallest absolute Gasteiger partial charge is 0.256 e. The van der Waals surface area contributed by atoms with E-state index in [0.717, 1.165) is 23.5 Å². The molecule has 4 heteroatoms. The SMILES string of the molecule is Cc1[nH]c2cccc(=O)n2c1CCN. The van der Waals surface area contributed by atoms with Crippen molar-refractivity contribution in [2.45, 2.75) is 13.3 Å². The van der Waals surface area contributed by atoms with Crippen LogP contribution in [0.2, 0.25) is 0 Å². The molecule has 74 valence electrons. The van der Waals surface area contributed by atoms with Gasteiger partial charge in [0.2, 0.25) is 0 Å². The number of pyridine rings is 1. The Morgan fingerprint density at radius 2 is 2.29 bits per heavy atom. The Morgan fingerprint density at radius 3 is 3.00 bits per heavy atom. The van der Waals surface area contributed by atoms with Crippen LogP contribution in [0.1, 0.15) is 11.4 Å². The lowest BCUT2D eigenvalue weighted by Crippen LogP contribution is -2.15. The van der Waals surface area contributed by atoms with Crippen LogP contribution in [-0.4, -0.2) is 15.9 Å². The molecule has 2 rings (SSSR count). The highest BCUT2D eigenvalue weighted by Crippen LogP contribution is 2.09. The second-order valence-corrected chi connectivity index (χ2v) is 3.32. The van der Waals surface area contributed by atoms with Crippen molar-refractivity contribution in [2.75, 3.05) is 6.54 Å². The first-order valence-electron chi connectivity index (χ1n) is 4.63. The molecule has 4 nitrogen and oxygen atoms in total. The molecule has 0 radical (unpaired) electrons. The lowest BCUT2D eigenvalue weighted by Gasteiger charge is -1.98. The van der Waals surface area contributed by atoms with Gasteiger partial charge in [0.1, 0.15) is 5.65 Å². The number of nitrogens with two attached hydrogens (primary N) is 1. The maximum Gasteiger partial charge on any atom is 0.256 e. The molecular formula is C10H13N3O. The average molecular weight is 191 g/mol. The van der Waals surface area contributed by atoms with Gasteiger partial charge in [-0.15, -0.1) is 0 Å². The van der Waals surface area contributed by atoms with Crippen LogP contribution in [0, 0.1) is 6.92 Å². The van der Waals surface area contributed by atoms with E-state index in [1.165, 1.54) is 0 Å². The predicted octanol–water partition coefficient (Wildman–Crippen LogP) is 0.437. The first-order chi connectivity index (χ1) is 6.74. The van der Waals surface area contributed by atoms with Gasteiger partial charge in [0.05, 0.1) is 0 Å². The zero-order chi connectivity index (χ0) is 10.1. The lowest BCUT2D eigenvalue weighted by molar-refractivity contribution is 0.881. The van der Waals surface area contributed by atoms with E-state index in [1.807, 2.05) is 13.0 Å². The van der Waals surface area contributed by atoms with Crippen molar-refractivity contribution in [1.29, 1.82) is 0 Å². The maximum atomic E-state index is 11.6. The number of imidazole rings is 1. The first kappa shape index (κ1) is 9.02. The summed E-state index contributed by atoms with van der Waals surface area (Å²) >= 11 is 0. The Hall–Kier alpha value is -1.55. The monoisotopic (exact) mass is 191 g/mol. The van der Waals surface area contributed by atoms with Crippen molar-refractivity contribution < 1.29 is 0 Å². The third kappa shape index (κ3) is 1.24. The van der Waals surface area contributed by atoms with E-state index < -0.39 is 0 Å². The molecule has 0 atom stereocenters. The quantitative estimate of drug-likeness (QED) is 0.723. The molecule has 14 heavy (non-hydrogen) atoms. The van der Waals surface area contributed by atoms with E-state index in [2.05, 4.69) is 4.98 Å². The predicted molar refractivity (Wildman–Crippen MR) is 55.5 cm³/mol. The largest absolute Gasteiger partial charge is 0.343 e. The first-order valence-corrected chi connectivity index (χ1v) is 4.63. The van der Waals surface area contributed by atoms with E-state index >= 15 is 0 Å². The fourth-order valence-corrected chi connectivity index (χ4v) is 1.73. The molecule has 0 bridgehead atoms. The zero-order valence-corrected chi connectivity index (χ0v) is 8.08. The Morgan fingerprint density at radius 1 is 1.50 bits per heavy atom. The van der Waals surface area contributed by atoms with Gasteiger partial charge < -0.3 is 10.7 Å². The molecule has 0 spiro atoms. The normalized spacial score (nSPS) is 11.0. The van der Waals surface area contributed by atoms with Crippen LogP contribution >= 0.6 is 0 Å². The minimum atomic E-state index is -0.00435. The van der Waals surface area contributed by atoms with Crippen molar-refractivity contribution in [3.05, 3.63) is 39.9 Å². The highest BCUT2D eigenvalue weighted by molar-refractivity contribution is 5.42. The van der Waals surface area contributed by atoms with Gasteiger partial charge in [-0.3, -0.25) is 9.20 Å². The summed E-state index contributed by atoms with van der Waals surface area (Å²) < 4.78 is 1.68. The van der Waals surface area contributed by atoms with E-state index in [0.29, 0.717) is 6.54 Å². The third-order valence-electron chi connectivity index (χ3n) is 2.35. The van der Waals surface area contributed by atoms with Crippen LogP contribution in [0.4, 0.5) is 0 Å². The molecular weight excluding hydrogens is 178 g/mol. The number of aromatic nitrogens is 2. The summed E-state index contributed by atoms with van der Waals surface area (Å²) in [5.41, 5.74) is 8.32. The molecule has 0 saturated heterocycles. The summed E-state index contributed by atoms with van der Waals surface area (Å²) in [5.74, 6) is 0. The van der Waals surface area contributed by atoms with Crippen molar-refractivity contribution in [3.63, 3.8) is 0 Å². The van der Waals surface area contributed by atoms with Crippen LogP contribution in [0.15, 0.2) is 23.0 Å². The van der Waals surface area contributed by atoms with E-state index in [4.69, 9.17) is 5.73 Å². The zero-order valence-electron chi connectivity index (χ0n) is 8.08. The summed E-state index contributed by atoms with van der Waals surface area (Å²) in [7, 11) is 0. The van der Waals surface area contributed by atoms with E-state index in [9.17, 15) is 4.79 Å². The molecule has 0 saturated carbocycles. The number of hydrogen-bond donors (Lipinski definition) is 2. The number of nitrogens with one attached hydrogen (secondary N) is 1. The number of rotatable bonds is 2. The summed E-state index contributed by atoms with van der Waals surface area (Å²) in [6.45, 7) is 2.51. The summed E-state index contributed by atoms with van der Waals surface area (Å²) in [6, 6.07) is 5.19. The number of nitrogens with zero attached hydrogens (tertiary/aromatic N) is 1. The van der Waals surface area contributed by atoms with Gasteiger partial charge in [-0.05, 0) is 19.5 Å². The van der Waals surface area contributed by atoms with Gasteiger partial charge in [0, 0.05) is 23.9 Å². The molecule has 0 aliphatic carbocycles. The van der Waals surface area contributed by atoms with Gasteiger partial charge in [-0.25, -0.2) is 0 Å². The molecule has 0 amide bonds. The number of fused-ring (bicyclic) bond motifs is 1. The Labute approximate surface area is 81.4 Å². The molecule has 0 aliphatic rings. The fourth-order valence-electron chi connectivity index (χ4n) is 1.73. The lowest BCUT2D eigenvalue weighted by atomic mass is 10.2. The highest BCUT2D eigenvalue weighted by Gasteiger charge is 2.07. The number of hydrogen-bond acceptors (Lipinski definition) is 2. The van der Waals surface area contributed by atoms with Crippen LogP contribution in [-0.2, 0) is 6.42 Å². The van der Waals surface area contributed by atoms with E-state index in [-0.39, 0.29) is 5.56 Å². The maximum absolute atomic E-state index is 11.6. The molecule has 0 aromatic carbocycles. The van der Waals surface area contributed by atoms with Crippen LogP contribution < -0.4 is 11.3 Å². The summed E-state index contributed by atoms with van der Waals surface area (Å²) in [6.07, 6.45) is 0.718. The van der Waals surface area contributed by atoms with Gasteiger partial charge in [-0.2, -0.15) is 0 Å². The van der Waals surface area contributed by atoms with Gasteiger partial charge in [0.25, 0.3) is 5.56 Å². The molecule has 0 unspecified atom stereocenters. The minimum absolute atomic E-state index is 0.00435. The topological polar surface area (TPSA) is 63.3 Å². The van der Waals surface area contributed by atoms with E-state index in [1.54, 1.807) is 16.5 Å². The van der Waals surface area contributed by atoms with Gasteiger partial charge >= 0.3 is 0 Å². The fraction of sp³-hybridized carbons (Fsp3) is 0.300. The highest BCUT2D eigenvalue weighted by atomic mass is 16.1. The van der Waals surface area contributed by atoms with Gasteiger partial charge in [-0.1, -0.05) is 6.07 Å². The Balaban J connectivity index is 2.79. The van der Waals surface area contributed by atoms with Crippen molar-refractivity contribution >= 4 is 5.65 Å². The number of aromatic amines is 1. The average Bonchev–Trinajstić information content (AvgIpc) is 2.45. The van der Waals surface area contributed by atoms with Crippen LogP contribution in [0.25, 0.3) is 5.65 Å². The summed E-state index contributed by atoms with van der Waals surface area (Å²) in [4.78, 5) is 14.7. The van der Waals surface area contributed by atoms with Crippen molar-refractivity contribution in [3.8, 4) is 0 Å². The second kappa shape index (κ2) is 3.31. The molecule has 0 fully saturated rings.